The van der Waals surface area contributed by atoms with Gasteiger partial charge in [-0.1, -0.05) is 19.9 Å². The Balaban J connectivity index is 1.81. The van der Waals surface area contributed by atoms with Crippen molar-refractivity contribution in [1.29, 1.82) is 0 Å². The van der Waals surface area contributed by atoms with Gasteiger partial charge in [0, 0.05) is 0 Å². The summed E-state index contributed by atoms with van der Waals surface area (Å²) in [6, 6.07) is 0. The van der Waals surface area contributed by atoms with E-state index in [0.29, 0.717) is 17.4 Å². The average molecular weight is 234 g/mol. The van der Waals surface area contributed by atoms with Crippen molar-refractivity contribution in [1.82, 2.24) is 0 Å². The summed E-state index contributed by atoms with van der Waals surface area (Å²) in [4.78, 5) is 11.1. The zero-order chi connectivity index (χ0) is 12.3. The second-order valence-corrected chi connectivity index (χ2v) is 6.81. The molecule has 2 aliphatic carbocycles. The third kappa shape index (κ3) is 1.77. The Morgan fingerprint density at radius 3 is 2.82 bits per heavy atom. The summed E-state index contributed by atoms with van der Waals surface area (Å²) in [7, 11) is 0. The number of aldehydes is 1. The maximum atomic E-state index is 11.1. The van der Waals surface area contributed by atoms with Crippen molar-refractivity contribution in [3.05, 3.63) is 11.6 Å². The van der Waals surface area contributed by atoms with Gasteiger partial charge in [-0.2, -0.15) is 0 Å². The molecular formula is C15H22O2. The van der Waals surface area contributed by atoms with Gasteiger partial charge in [0.2, 0.25) is 0 Å². The van der Waals surface area contributed by atoms with Crippen LogP contribution in [0, 0.1) is 17.3 Å². The minimum absolute atomic E-state index is 0.120. The Labute approximate surface area is 103 Å². The molecule has 1 saturated carbocycles. The number of ether oxygens (including phenoxy) is 1. The van der Waals surface area contributed by atoms with E-state index in [1.165, 1.54) is 12.8 Å². The fourth-order valence-electron chi connectivity index (χ4n) is 3.70. The number of rotatable bonds is 1. The van der Waals surface area contributed by atoms with Crippen LogP contribution in [0.25, 0.3) is 0 Å². The molecule has 4 atom stereocenters. The largest absolute Gasteiger partial charge is 0.366 e. The van der Waals surface area contributed by atoms with E-state index < -0.39 is 0 Å². The van der Waals surface area contributed by atoms with E-state index in [0.717, 1.165) is 30.6 Å². The first-order valence-electron chi connectivity index (χ1n) is 6.81. The normalized spacial score (nSPS) is 50.3. The number of carbonyl (C=O) groups excluding carboxylic acids is 1. The molecule has 0 amide bonds. The molecule has 2 nitrogen and oxygen atoms in total. The molecule has 17 heavy (non-hydrogen) atoms. The van der Waals surface area contributed by atoms with E-state index in [-0.39, 0.29) is 5.60 Å². The number of hydrogen-bond donors (Lipinski definition) is 0. The van der Waals surface area contributed by atoms with Crippen LogP contribution in [0.4, 0.5) is 0 Å². The zero-order valence-corrected chi connectivity index (χ0v) is 11.0. The molecule has 3 rings (SSSR count). The lowest BCUT2D eigenvalue weighted by molar-refractivity contribution is -0.105. The molecule has 2 heteroatoms. The molecule has 3 aliphatic rings. The molecule has 94 valence electrons. The first-order valence-corrected chi connectivity index (χ1v) is 6.81. The summed E-state index contributed by atoms with van der Waals surface area (Å²) in [5, 5.41) is 0. The fourth-order valence-corrected chi connectivity index (χ4v) is 3.70. The van der Waals surface area contributed by atoms with Gasteiger partial charge in [-0.3, -0.25) is 4.79 Å². The van der Waals surface area contributed by atoms with E-state index in [1.807, 2.05) is 0 Å². The van der Waals surface area contributed by atoms with Crippen LogP contribution in [0.1, 0.15) is 46.5 Å². The number of carbonyl (C=O) groups is 1. The van der Waals surface area contributed by atoms with Gasteiger partial charge in [0.1, 0.15) is 6.29 Å². The Bertz CT molecular complexity index is 382. The predicted octanol–water partition coefficient (Wildman–Crippen LogP) is 3.12. The molecule has 2 fully saturated rings. The van der Waals surface area contributed by atoms with Crippen molar-refractivity contribution < 1.29 is 9.53 Å². The van der Waals surface area contributed by atoms with E-state index in [2.05, 4.69) is 26.8 Å². The van der Waals surface area contributed by atoms with Gasteiger partial charge >= 0.3 is 0 Å². The Hall–Kier alpha value is -0.630. The van der Waals surface area contributed by atoms with E-state index in [9.17, 15) is 4.79 Å². The highest BCUT2D eigenvalue weighted by molar-refractivity contribution is 5.73. The maximum Gasteiger partial charge on any atom is 0.145 e. The molecule has 0 spiro atoms. The van der Waals surface area contributed by atoms with Crippen LogP contribution in [0.3, 0.4) is 0 Å². The highest BCUT2D eigenvalue weighted by Crippen LogP contribution is 2.63. The topological polar surface area (TPSA) is 29.6 Å². The summed E-state index contributed by atoms with van der Waals surface area (Å²) in [5.41, 5.74) is 1.50. The van der Waals surface area contributed by atoms with Crippen LogP contribution in [0.2, 0.25) is 0 Å². The third-order valence-electron chi connectivity index (χ3n) is 5.37. The minimum Gasteiger partial charge on any atom is -0.366 e. The van der Waals surface area contributed by atoms with Crippen molar-refractivity contribution in [3.8, 4) is 0 Å². The number of hydrogen-bond acceptors (Lipinski definition) is 2. The van der Waals surface area contributed by atoms with Crippen molar-refractivity contribution in [2.45, 2.75) is 58.2 Å². The molecule has 0 unspecified atom stereocenters. The molecule has 0 bridgehead atoms. The Morgan fingerprint density at radius 1 is 1.35 bits per heavy atom. The van der Waals surface area contributed by atoms with Crippen LogP contribution < -0.4 is 0 Å². The lowest BCUT2D eigenvalue weighted by Crippen LogP contribution is -2.11. The maximum absolute atomic E-state index is 11.1. The number of fused-ring (bicyclic) bond motifs is 2. The smallest absolute Gasteiger partial charge is 0.145 e. The lowest BCUT2D eigenvalue weighted by atomic mass is 9.93. The van der Waals surface area contributed by atoms with E-state index >= 15 is 0 Å². The molecule has 0 aromatic carbocycles. The summed E-state index contributed by atoms with van der Waals surface area (Å²) in [5.74, 6) is 1.36. The number of allylic oxidation sites excluding steroid dienone is 2. The molecule has 1 aliphatic heterocycles. The van der Waals surface area contributed by atoms with Crippen LogP contribution >= 0.6 is 0 Å². The molecule has 0 radical (unpaired) electrons. The van der Waals surface area contributed by atoms with Gasteiger partial charge < -0.3 is 4.74 Å². The van der Waals surface area contributed by atoms with Crippen LogP contribution in [-0.2, 0) is 9.53 Å². The predicted molar refractivity (Wildman–Crippen MR) is 66.7 cm³/mol. The number of epoxide rings is 1. The van der Waals surface area contributed by atoms with Crippen molar-refractivity contribution in [2.75, 3.05) is 0 Å². The van der Waals surface area contributed by atoms with Crippen molar-refractivity contribution in [2.24, 2.45) is 17.3 Å². The summed E-state index contributed by atoms with van der Waals surface area (Å²) in [6.45, 7) is 6.88. The van der Waals surface area contributed by atoms with Gasteiger partial charge in [0.15, 0.2) is 0 Å². The first-order chi connectivity index (χ1) is 7.97. The molecule has 1 heterocycles. The van der Waals surface area contributed by atoms with Gasteiger partial charge in [0.05, 0.1) is 11.7 Å². The Morgan fingerprint density at radius 2 is 2.12 bits per heavy atom. The van der Waals surface area contributed by atoms with E-state index in [4.69, 9.17) is 4.74 Å². The van der Waals surface area contributed by atoms with Crippen LogP contribution in [-0.4, -0.2) is 18.0 Å². The van der Waals surface area contributed by atoms with Crippen molar-refractivity contribution >= 4 is 6.29 Å². The summed E-state index contributed by atoms with van der Waals surface area (Å²) in [6.07, 6.45) is 8.02. The second kappa shape index (κ2) is 3.44. The molecule has 0 N–H and O–H groups in total. The monoisotopic (exact) mass is 234 g/mol. The highest BCUT2D eigenvalue weighted by Gasteiger charge is 2.59. The third-order valence-corrected chi connectivity index (χ3v) is 5.37. The second-order valence-electron chi connectivity index (χ2n) is 6.81. The average Bonchev–Trinajstić information content (AvgIpc) is 3.07. The van der Waals surface area contributed by atoms with Crippen LogP contribution in [0.15, 0.2) is 11.6 Å². The highest BCUT2D eigenvalue weighted by atomic mass is 16.6. The van der Waals surface area contributed by atoms with Gasteiger partial charge in [-0.15, -0.1) is 0 Å². The fraction of sp³-hybridized carbons (Fsp3) is 0.800. The van der Waals surface area contributed by atoms with Gasteiger partial charge in [-0.05, 0) is 55.4 Å². The first kappa shape index (κ1) is 11.5. The summed E-state index contributed by atoms with van der Waals surface area (Å²) < 4.78 is 5.82. The zero-order valence-electron chi connectivity index (χ0n) is 11.0. The lowest BCUT2D eigenvalue weighted by Gasteiger charge is -2.08. The SMILES string of the molecule is CC1(C)[C@@H]2/C=C(/C=O)CC[C@@H]3O[C@@]3(C)CC[C@@H]21. The van der Waals surface area contributed by atoms with Gasteiger partial charge in [-0.25, -0.2) is 0 Å². The van der Waals surface area contributed by atoms with Gasteiger partial charge in [0.25, 0.3) is 0 Å². The van der Waals surface area contributed by atoms with Crippen molar-refractivity contribution in [3.63, 3.8) is 0 Å². The molecular weight excluding hydrogens is 212 g/mol. The molecule has 0 aromatic heterocycles. The minimum atomic E-state index is 0.120. The van der Waals surface area contributed by atoms with Crippen LogP contribution in [0.5, 0.6) is 0 Å². The molecule has 1 saturated heterocycles. The molecule has 0 aromatic rings. The van der Waals surface area contributed by atoms with E-state index in [1.54, 1.807) is 0 Å². The quantitative estimate of drug-likeness (QED) is 0.515. The standard InChI is InChI=1S/C15H22O2/c1-14(2)11-6-7-15(3)13(17-15)5-4-10(9-16)8-12(11)14/h8-9,11-13H,4-7H2,1-3H3/b10-8+/t11-,12+,13-,15-/m0/s1. The Kier molecular flexibility index (Phi) is 2.32. The summed E-state index contributed by atoms with van der Waals surface area (Å²) >= 11 is 0.